The lowest BCUT2D eigenvalue weighted by Gasteiger charge is -2.06. The first-order chi connectivity index (χ1) is 44.0. The van der Waals surface area contributed by atoms with E-state index >= 15 is 0 Å². The summed E-state index contributed by atoms with van der Waals surface area (Å²) in [5.74, 6) is 4.52. The van der Waals surface area contributed by atoms with Crippen LogP contribution >= 0.6 is 45.3 Å². The van der Waals surface area contributed by atoms with E-state index in [4.69, 9.17) is 35.6 Å². The monoisotopic (exact) mass is 1290 g/mol. The van der Waals surface area contributed by atoms with Crippen LogP contribution in [0.2, 0.25) is 0 Å². The Bertz CT molecular complexity index is 4880. The minimum atomic E-state index is -0.430. The summed E-state index contributed by atoms with van der Waals surface area (Å²) < 4.78 is 72.5. The molecular weight excluding hydrogens is 1230 g/mol. The Morgan fingerprint density at radius 2 is 0.818 bits per heavy atom. The first-order valence-electron chi connectivity index (χ1n) is 27.1. The summed E-state index contributed by atoms with van der Waals surface area (Å²) in [7, 11) is 12.8. The minimum absolute atomic E-state index is 0.0404. The van der Waals surface area contributed by atoms with Crippen LogP contribution < -0.4 is 46.4 Å². The summed E-state index contributed by atoms with van der Waals surface area (Å²) in [6.45, 7) is 8.18. The zero-order chi connectivity index (χ0) is 66.2. The Morgan fingerprint density at radius 3 is 1.18 bits per heavy atom. The topological polar surface area (TPSA) is 380 Å². The highest BCUT2D eigenvalue weighted by molar-refractivity contribution is 7.12. The van der Waals surface area contributed by atoms with Crippen molar-refractivity contribution in [3.63, 3.8) is 0 Å². The summed E-state index contributed by atoms with van der Waals surface area (Å²) in [5.41, 5.74) is 2.43. The van der Waals surface area contributed by atoms with Crippen molar-refractivity contribution >= 4 is 51.4 Å². The molecule has 12 aromatic rings. The van der Waals surface area contributed by atoms with Gasteiger partial charge in [0.2, 0.25) is 5.88 Å². The van der Waals surface area contributed by atoms with Crippen LogP contribution in [-0.2, 0) is 82.8 Å². The van der Waals surface area contributed by atoms with E-state index in [1.54, 1.807) is 60.5 Å². The van der Waals surface area contributed by atoms with E-state index in [-0.39, 0.29) is 56.8 Å². The quantitative estimate of drug-likeness (QED) is 0.0981. The minimum Gasteiger partial charge on any atom is -0.477 e. The summed E-state index contributed by atoms with van der Waals surface area (Å²) in [5, 5.41) is 54.9. The molecule has 0 aliphatic carbocycles. The second-order valence-corrected chi connectivity index (χ2v) is 20.7. The summed E-state index contributed by atoms with van der Waals surface area (Å²) in [6.07, 6.45) is 7.61. The van der Waals surface area contributed by atoms with Gasteiger partial charge in [0.15, 0.2) is 23.3 Å². The molecular formula is C47H52N28O9S4. The Morgan fingerprint density at radius 1 is 0.477 bits per heavy atom. The number of aromatic nitrogens is 28. The van der Waals surface area contributed by atoms with E-state index in [0.29, 0.717) is 90.2 Å². The number of ether oxygens (including phenoxy) is 5. The van der Waals surface area contributed by atoms with Gasteiger partial charge < -0.3 is 23.7 Å². The largest absolute Gasteiger partial charge is 0.477 e. The van der Waals surface area contributed by atoms with Crippen LogP contribution in [0, 0.1) is 19.3 Å². The lowest BCUT2D eigenvalue weighted by Crippen LogP contribution is -2.24. The van der Waals surface area contributed by atoms with Crippen LogP contribution in [0.5, 0.6) is 26.7 Å². The molecule has 0 fully saturated rings. The zero-order valence-corrected chi connectivity index (χ0v) is 51.3. The molecule has 0 aromatic carbocycles. The van der Waals surface area contributed by atoms with Gasteiger partial charge in [-0.05, 0) is 67.6 Å². The maximum absolute atomic E-state index is 12.2. The predicted molar refractivity (Wildman–Crippen MR) is 313 cm³/mol. The maximum Gasteiger partial charge on any atom is 0.369 e. The molecule has 88 heavy (non-hydrogen) atoms. The molecule has 0 bridgehead atoms. The highest BCUT2D eigenvalue weighted by atomic mass is 32.1. The van der Waals surface area contributed by atoms with Crippen molar-refractivity contribution in [1.29, 1.82) is 0 Å². The van der Waals surface area contributed by atoms with Crippen molar-refractivity contribution in [3.8, 4) is 62.3 Å². The molecule has 458 valence electrons. The lowest BCUT2D eigenvalue weighted by atomic mass is 10.2. The Hall–Kier alpha value is -10.9. The van der Waals surface area contributed by atoms with Gasteiger partial charge in [0.25, 0.3) is 20.8 Å². The normalized spacial score (nSPS) is 11.5. The molecule has 0 unspecified atom stereocenters. The third kappa shape index (κ3) is 13.3. The number of hydrogen-bond donors (Lipinski definition) is 0. The number of terminal acetylenes is 1. The SMILES string of the molecule is [3H]c1csc(OCc2c(C#C)nn(C)c2-n2nnn(C)c2=O)n1.[3H]c1csc(OCc2c(C)nn(C)c2-n2nnn(C)c2=O)n1.[3H]c1csc(OCc2c(C=C)nn(C)c2-n2nnn(C)c2=O)n1.[3H]c1csc(OCc2c(OCC)nn(C)c2-n2nnn(C)c2=O)n1. The van der Waals surface area contributed by atoms with Crippen molar-refractivity contribution in [3.05, 3.63) is 134 Å². The molecule has 12 heterocycles. The second kappa shape index (κ2) is 27.5. The van der Waals surface area contributed by atoms with Gasteiger partial charge in [-0.1, -0.05) is 51.9 Å². The Labute approximate surface area is 516 Å². The lowest BCUT2D eigenvalue weighted by molar-refractivity contribution is 0.281. The average Bonchev–Trinajstić information content (AvgIpc) is 1.69. The van der Waals surface area contributed by atoms with Crippen LogP contribution in [0.15, 0.2) is 72.0 Å². The molecule has 0 atom stereocenters. The standard InChI is InChI=1S/C12H15N7O3S.C12H13N7O2S.C12H11N7O2S.C11H13N7O2S/c1-4-21-9-8(7-22-11-13-5-6-23-11)10(17(2)14-9)19-12(20)18(3)15-16-19;2*1-4-9-8(7-21-11-13-5-6-22-11)10(17(2)14-9)19-12(20)18(3)15-16-19;1-7-8(6-20-10-12-4-5-21-10)9(16(2)13-7)18-11(19)17(3)14-15-18/h5-6H,4,7H2,1-3H3;4-6H,1,7H2,2-3H3;1,5-6H,7H2,2-3H3;4-5H,6H2,1-3H3/i3*5T;4T. The second-order valence-electron chi connectivity index (χ2n) is 17.4. The molecule has 37 nitrogen and oxygen atoms in total. The van der Waals surface area contributed by atoms with Crippen molar-refractivity contribution < 1.29 is 29.2 Å². The molecule has 0 spiro atoms. The molecule has 0 N–H and O–H groups in total. The average molecular weight is 1290 g/mol. The van der Waals surface area contributed by atoms with Crippen molar-refractivity contribution in [2.45, 2.75) is 40.3 Å². The molecule has 0 aliphatic heterocycles. The van der Waals surface area contributed by atoms with Gasteiger partial charge in [-0.3, -0.25) is 4.68 Å². The van der Waals surface area contributed by atoms with E-state index in [1.807, 2.05) is 13.8 Å². The van der Waals surface area contributed by atoms with E-state index in [0.717, 1.165) is 38.5 Å². The summed E-state index contributed by atoms with van der Waals surface area (Å²) >= 11 is 4.88. The molecule has 0 aliphatic rings. The van der Waals surface area contributed by atoms with E-state index in [1.165, 1.54) is 92.3 Å². The fraction of sp³-hybridized carbons (Fsp3) is 0.319. The fourth-order valence-corrected chi connectivity index (χ4v) is 9.59. The zero-order valence-electron chi connectivity index (χ0n) is 52.0. The van der Waals surface area contributed by atoms with E-state index in [9.17, 15) is 19.2 Å². The van der Waals surface area contributed by atoms with Gasteiger partial charge in [-0.2, -0.15) is 34.0 Å². The molecule has 0 saturated carbocycles. The number of hydrogen-bond acceptors (Lipinski definition) is 29. The van der Waals surface area contributed by atoms with Gasteiger partial charge in [0, 0.05) is 103 Å². The molecule has 0 amide bonds. The molecule has 12 rings (SSSR count). The highest BCUT2D eigenvalue weighted by Gasteiger charge is 2.26. The Balaban J connectivity index is 0.000000145. The van der Waals surface area contributed by atoms with E-state index in [2.05, 4.69) is 94.5 Å². The predicted octanol–water partition coefficient (Wildman–Crippen LogP) is 0.271. The number of nitrogens with zero attached hydrogens (tertiary/aromatic N) is 28. The third-order valence-corrected chi connectivity index (χ3v) is 14.3. The smallest absolute Gasteiger partial charge is 0.369 e. The van der Waals surface area contributed by atoms with Crippen molar-refractivity contribution in [2.75, 3.05) is 6.61 Å². The van der Waals surface area contributed by atoms with Crippen LogP contribution in [0.4, 0.5) is 0 Å². The summed E-state index contributed by atoms with van der Waals surface area (Å²) in [4.78, 5) is 64.1. The van der Waals surface area contributed by atoms with Crippen molar-refractivity contribution in [1.82, 2.24) is 138 Å². The van der Waals surface area contributed by atoms with Crippen LogP contribution in [0.3, 0.4) is 0 Å². The Kier molecular flexibility index (Phi) is 17.6. The fourth-order valence-electron chi connectivity index (χ4n) is 7.84. The van der Waals surface area contributed by atoms with E-state index < -0.39 is 17.1 Å². The molecule has 41 heteroatoms. The van der Waals surface area contributed by atoms with Crippen LogP contribution in [0.25, 0.3) is 29.3 Å². The number of tetrazole rings is 4. The third-order valence-electron chi connectivity index (χ3n) is 11.8. The van der Waals surface area contributed by atoms with Gasteiger partial charge in [-0.15, -0.1) is 30.2 Å². The first kappa shape index (κ1) is 56.3. The molecule has 0 saturated heterocycles. The van der Waals surface area contributed by atoms with Crippen LogP contribution in [-0.4, -0.2) is 145 Å². The van der Waals surface area contributed by atoms with Gasteiger partial charge in [0.05, 0.1) is 45.7 Å². The molecule has 12 aromatic heterocycles. The molecule has 0 radical (unpaired) electrons. The van der Waals surface area contributed by atoms with Gasteiger partial charge in [0.1, 0.15) is 32.1 Å². The maximum atomic E-state index is 12.2. The number of thiazole rings is 4. The van der Waals surface area contributed by atoms with Crippen LogP contribution in [0.1, 0.15) is 51.7 Å². The first-order valence-corrected chi connectivity index (χ1v) is 28.6. The number of rotatable bonds is 19. The van der Waals surface area contributed by atoms with Gasteiger partial charge in [-0.25, -0.2) is 53.2 Å². The highest BCUT2D eigenvalue weighted by Crippen LogP contribution is 2.27. The summed E-state index contributed by atoms with van der Waals surface area (Å²) in [6, 6.07) is 0. The number of aryl methyl sites for hydroxylation is 9. The van der Waals surface area contributed by atoms with Crippen molar-refractivity contribution in [2.24, 2.45) is 56.4 Å². The van der Waals surface area contributed by atoms with Gasteiger partial charge >= 0.3 is 22.8 Å².